The second-order valence-electron chi connectivity index (χ2n) is 5.84. The number of nitro groups is 1. The van der Waals surface area contributed by atoms with E-state index in [2.05, 4.69) is 4.99 Å². The highest BCUT2D eigenvalue weighted by molar-refractivity contribution is 7.16. The van der Waals surface area contributed by atoms with E-state index in [0.29, 0.717) is 30.1 Å². The van der Waals surface area contributed by atoms with Crippen LogP contribution in [0.4, 0.5) is 5.69 Å². The molecule has 0 atom stereocenters. The quantitative estimate of drug-likeness (QED) is 0.263. The number of nitro benzene ring substituents is 1. The van der Waals surface area contributed by atoms with Gasteiger partial charge in [-0.05, 0) is 24.6 Å². The van der Waals surface area contributed by atoms with Crippen molar-refractivity contribution in [2.24, 2.45) is 4.99 Å². The van der Waals surface area contributed by atoms with Gasteiger partial charge in [-0.25, -0.2) is 0 Å². The first-order valence-corrected chi connectivity index (χ1v) is 9.57. The highest BCUT2D eigenvalue weighted by atomic mass is 32.1. The van der Waals surface area contributed by atoms with Crippen LogP contribution in [0.3, 0.4) is 0 Å². The highest BCUT2D eigenvalue weighted by Gasteiger charge is 2.12. The number of non-ortho nitro benzene ring substituents is 1. The standard InChI is InChI=1S/C20H19N3O4S/c1-2-27-13-12-22-17-14-16(23(25)26)9-10-18(17)28-20(22)21-19(24)11-8-15-6-4-3-5-7-15/h3-11,14H,2,12-13H2,1H3/b11-8+,21-20?. The smallest absolute Gasteiger partial charge is 0.272 e. The lowest BCUT2D eigenvalue weighted by molar-refractivity contribution is -0.384. The molecule has 1 aromatic heterocycles. The van der Waals surface area contributed by atoms with Crippen LogP contribution < -0.4 is 4.80 Å². The summed E-state index contributed by atoms with van der Waals surface area (Å²) in [5.41, 5.74) is 1.57. The van der Waals surface area contributed by atoms with E-state index < -0.39 is 10.8 Å². The number of aromatic nitrogens is 1. The number of amides is 1. The summed E-state index contributed by atoms with van der Waals surface area (Å²) in [6, 6.07) is 14.1. The maximum Gasteiger partial charge on any atom is 0.272 e. The molecule has 0 aliphatic rings. The van der Waals surface area contributed by atoms with Gasteiger partial charge in [0.05, 0.1) is 21.7 Å². The number of carbonyl (C=O) groups is 1. The molecule has 0 radical (unpaired) electrons. The van der Waals surface area contributed by atoms with Gasteiger partial charge in [0.15, 0.2) is 4.80 Å². The van der Waals surface area contributed by atoms with Crippen LogP contribution in [0.25, 0.3) is 16.3 Å². The molecule has 0 aliphatic carbocycles. The Hall–Kier alpha value is -3.10. The van der Waals surface area contributed by atoms with Crippen molar-refractivity contribution in [3.05, 3.63) is 75.1 Å². The van der Waals surface area contributed by atoms with E-state index in [9.17, 15) is 14.9 Å². The van der Waals surface area contributed by atoms with Crippen molar-refractivity contribution >= 4 is 39.2 Å². The van der Waals surface area contributed by atoms with Gasteiger partial charge in [-0.15, -0.1) is 0 Å². The Balaban J connectivity index is 1.99. The lowest BCUT2D eigenvalue weighted by atomic mass is 10.2. The second-order valence-corrected chi connectivity index (χ2v) is 6.85. The topological polar surface area (TPSA) is 86.7 Å². The third-order valence-corrected chi connectivity index (χ3v) is 5.02. The Labute approximate surface area is 165 Å². The number of ether oxygens (including phenoxy) is 1. The predicted molar refractivity (Wildman–Crippen MR) is 109 cm³/mol. The van der Waals surface area contributed by atoms with Gasteiger partial charge in [-0.3, -0.25) is 14.9 Å². The number of benzene rings is 2. The van der Waals surface area contributed by atoms with E-state index in [1.807, 2.05) is 37.3 Å². The molecule has 0 saturated heterocycles. The fourth-order valence-electron chi connectivity index (χ4n) is 2.64. The largest absolute Gasteiger partial charge is 0.380 e. The molecule has 3 aromatic rings. The third kappa shape index (κ3) is 4.79. The molecule has 2 aromatic carbocycles. The summed E-state index contributed by atoms with van der Waals surface area (Å²) in [6.45, 7) is 3.33. The summed E-state index contributed by atoms with van der Waals surface area (Å²) in [7, 11) is 0. The number of hydrogen-bond acceptors (Lipinski definition) is 5. The van der Waals surface area contributed by atoms with Crippen LogP contribution in [0.15, 0.2) is 59.6 Å². The molecule has 7 nitrogen and oxygen atoms in total. The van der Waals surface area contributed by atoms with Crippen molar-refractivity contribution in [2.45, 2.75) is 13.5 Å². The normalized spacial score (nSPS) is 12.1. The molecule has 0 aliphatic heterocycles. The van der Waals surface area contributed by atoms with Crippen LogP contribution >= 0.6 is 11.3 Å². The maximum absolute atomic E-state index is 12.3. The Bertz CT molecular complexity index is 1080. The molecule has 0 unspecified atom stereocenters. The molecule has 0 bridgehead atoms. The Morgan fingerprint density at radius 3 is 2.79 bits per heavy atom. The summed E-state index contributed by atoms with van der Waals surface area (Å²) >= 11 is 1.32. The SMILES string of the molecule is CCOCCn1c(=NC(=O)/C=C/c2ccccc2)sc2ccc([N+](=O)[O-])cc21. The number of hydrogen-bond donors (Lipinski definition) is 0. The minimum atomic E-state index is -0.436. The average Bonchev–Trinajstić information content (AvgIpc) is 3.03. The zero-order chi connectivity index (χ0) is 19.9. The average molecular weight is 397 g/mol. The van der Waals surface area contributed by atoms with E-state index in [1.54, 1.807) is 16.7 Å². The number of nitrogens with zero attached hydrogens (tertiary/aromatic N) is 3. The molecule has 1 amide bonds. The number of fused-ring (bicyclic) bond motifs is 1. The first-order valence-electron chi connectivity index (χ1n) is 8.76. The molecular weight excluding hydrogens is 378 g/mol. The molecule has 1 heterocycles. The lowest BCUT2D eigenvalue weighted by Gasteiger charge is -2.05. The zero-order valence-electron chi connectivity index (χ0n) is 15.3. The number of rotatable bonds is 7. The van der Waals surface area contributed by atoms with Crippen LogP contribution in [-0.4, -0.2) is 28.6 Å². The van der Waals surface area contributed by atoms with Gasteiger partial charge >= 0.3 is 0 Å². The van der Waals surface area contributed by atoms with E-state index in [-0.39, 0.29) is 5.69 Å². The monoisotopic (exact) mass is 397 g/mol. The Kier molecular flexibility index (Phi) is 6.46. The van der Waals surface area contributed by atoms with Gasteiger partial charge in [-0.1, -0.05) is 41.7 Å². The van der Waals surface area contributed by atoms with Gasteiger partial charge in [-0.2, -0.15) is 4.99 Å². The first kappa shape index (κ1) is 19.7. The summed E-state index contributed by atoms with van der Waals surface area (Å²) in [4.78, 5) is 27.7. The molecule has 144 valence electrons. The van der Waals surface area contributed by atoms with Gasteiger partial charge < -0.3 is 9.30 Å². The molecule has 0 spiro atoms. The molecule has 0 N–H and O–H groups in total. The summed E-state index contributed by atoms with van der Waals surface area (Å²) in [5, 5.41) is 11.1. The van der Waals surface area contributed by atoms with Crippen molar-refractivity contribution in [3.63, 3.8) is 0 Å². The van der Waals surface area contributed by atoms with E-state index >= 15 is 0 Å². The molecule has 0 saturated carbocycles. The summed E-state index contributed by atoms with van der Waals surface area (Å²) in [5.74, 6) is -0.393. The molecule has 0 fully saturated rings. The molecule has 3 rings (SSSR count). The fraction of sp³-hybridized carbons (Fsp3) is 0.200. The van der Waals surface area contributed by atoms with Gasteiger partial charge in [0.2, 0.25) is 0 Å². The molecular formula is C20H19N3O4S. The van der Waals surface area contributed by atoms with E-state index in [0.717, 1.165) is 10.3 Å². The van der Waals surface area contributed by atoms with E-state index in [4.69, 9.17) is 4.74 Å². The minimum Gasteiger partial charge on any atom is -0.380 e. The van der Waals surface area contributed by atoms with Gasteiger partial charge in [0, 0.05) is 31.4 Å². The van der Waals surface area contributed by atoms with Crippen molar-refractivity contribution in [3.8, 4) is 0 Å². The zero-order valence-corrected chi connectivity index (χ0v) is 16.1. The predicted octanol–water partition coefficient (Wildman–Crippen LogP) is 3.79. The van der Waals surface area contributed by atoms with Crippen molar-refractivity contribution in [1.82, 2.24) is 4.57 Å². The number of thiazole rings is 1. The second kappa shape index (κ2) is 9.20. The van der Waals surface area contributed by atoms with Crippen LogP contribution in [0.1, 0.15) is 12.5 Å². The highest BCUT2D eigenvalue weighted by Crippen LogP contribution is 2.23. The Morgan fingerprint density at radius 1 is 1.29 bits per heavy atom. The summed E-state index contributed by atoms with van der Waals surface area (Å²) < 4.78 is 8.02. The van der Waals surface area contributed by atoms with Crippen LogP contribution in [0.5, 0.6) is 0 Å². The first-order chi connectivity index (χ1) is 13.6. The van der Waals surface area contributed by atoms with Crippen LogP contribution in [0, 0.1) is 10.1 Å². The molecule has 8 heteroatoms. The Morgan fingerprint density at radius 2 is 2.07 bits per heavy atom. The molecule has 28 heavy (non-hydrogen) atoms. The van der Waals surface area contributed by atoms with Crippen LogP contribution in [0.2, 0.25) is 0 Å². The van der Waals surface area contributed by atoms with Gasteiger partial charge in [0.1, 0.15) is 0 Å². The van der Waals surface area contributed by atoms with Crippen molar-refractivity contribution in [1.29, 1.82) is 0 Å². The summed E-state index contributed by atoms with van der Waals surface area (Å²) in [6.07, 6.45) is 3.11. The fourth-order valence-corrected chi connectivity index (χ4v) is 3.68. The van der Waals surface area contributed by atoms with Crippen molar-refractivity contribution in [2.75, 3.05) is 13.2 Å². The maximum atomic E-state index is 12.3. The van der Waals surface area contributed by atoms with Gasteiger partial charge in [0.25, 0.3) is 11.6 Å². The van der Waals surface area contributed by atoms with Crippen LogP contribution in [-0.2, 0) is 16.1 Å². The van der Waals surface area contributed by atoms with E-state index in [1.165, 1.54) is 29.5 Å². The number of carbonyl (C=O) groups excluding carboxylic acids is 1. The third-order valence-electron chi connectivity index (χ3n) is 3.96. The minimum absolute atomic E-state index is 0.00249. The lowest BCUT2D eigenvalue weighted by Crippen LogP contribution is -2.19. The van der Waals surface area contributed by atoms with Crippen molar-refractivity contribution < 1.29 is 14.5 Å².